The highest BCUT2D eigenvalue weighted by molar-refractivity contribution is 6.01. The number of phenols is 2. The number of aromatic hydroxyl groups is 2. The second-order valence-electron chi connectivity index (χ2n) is 7.60. The second-order valence-corrected chi connectivity index (χ2v) is 7.60. The normalized spacial score (nSPS) is 11.4. The third kappa shape index (κ3) is 4.16. The van der Waals surface area contributed by atoms with E-state index in [0.717, 1.165) is 0 Å². The monoisotopic (exact) mass is 414 g/mol. The predicted octanol–water partition coefficient (Wildman–Crippen LogP) is 3.34. The molecule has 9 nitrogen and oxygen atoms in total. The van der Waals surface area contributed by atoms with Crippen LogP contribution in [-0.4, -0.2) is 52.0 Å². The zero-order valence-corrected chi connectivity index (χ0v) is 17.7. The molecule has 0 fully saturated rings. The fourth-order valence-corrected chi connectivity index (χ4v) is 3.17. The molecular formula is C21H26N4O5. The Kier molecular flexibility index (Phi) is 6.12. The number of nitrogens with one attached hydrogen (secondary N) is 1. The molecule has 160 valence electrons. The van der Waals surface area contributed by atoms with Crippen molar-refractivity contribution >= 4 is 5.91 Å². The molecule has 0 aliphatic carbocycles. The van der Waals surface area contributed by atoms with Crippen molar-refractivity contribution < 1.29 is 24.1 Å². The zero-order chi connectivity index (χ0) is 22.0. The minimum Gasteiger partial charge on any atom is -0.508 e. The van der Waals surface area contributed by atoms with Crippen molar-refractivity contribution in [2.75, 3.05) is 20.6 Å². The molecule has 3 aromatic rings. The van der Waals surface area contributed by atoms with E-state index < -0.39 is 5.91 Å². The Labute approximate surface area is 174 Å². The van der Waals surface area contributed by atoms with Crippen LogP contribution in [0.15, 0.2) is 27.2 Å². The molecule has 2 aromatic heterocycles. The third-order valence-corrected chi connectivity index (χ3v) is 4.54. The van der Waals surface area contributed by atoms with Crippen LogP contribution in [0.3, 0.4) is 0 Å². The first-order valence-corrected chi connectivity index (χ1v) is 9.67. The first-order chi connectivity index (χ1) is 14.2. The number of carbonyl (C=O) groups excluding carboxylic acids is 1. The van der Waals surface area contributed by atoms with Gasteiger partial charge in [0.05, 0.1) is 11.3 Å². The third-order valence-electron chi connectivity index (χ3n) is 4.54. The fraction of sp³-hybridized carbons (Fsp3) is 0.381. The molecule has 0 bridgehead atoms. The van der Waals surface area contributed by atoms with E-state index in [1.807, 2.05) is 32.8 Å². The van der Waals surface area contributed by atoms with Crippen molar-refractivity contribution in [1.82, 2.24) is 20.5 Å². The lowest BCUT2D eigenvalue weighted by Gasteiger charge is -2.11. The molecule has 0 aliphatic heterocycles. The minimum absolute atomic E-state index is 0.00412. The van der Waals surface area contributed by atoms with Gasteiger partial charge in [-0.25, -0.2) is 0 Å². The van der Waals surface area contributed by atoms with Crippen LogP contribution in [0.1, 0.15) is 48.4 Å². The number of hydrogen-bond donors (Lipinski definition) is 3. The van der Waals surface area contributed by atoms with E-state index in [4.69, 9.17) is 9.05 Å². The van der Waals surface area contributed by atoms with Gasteiger partial charge in [0.25, 0.3) is 5.91 Å². The van der Waals surface area contributed by atoms with Crippen LogP contribution in [0.4, 0.5) is 0 Å². The molecule has 1 aromatic carbocycles. The Hall–Kier alpha value is -3.33. The van der Waals surface area contributed by atoms with E-state index in [1.54, 1.807) is 19.1 Å². The number of rotatable bonds is 7. The van der Waals surface area contributed by atoms with Crippen LogP contribution in [0.25, 0.3) is 22.6 Å². The summed E-state index contributed by atoms with van der Waals surface area (Å²) < 4.78 is 11.0. The first kappa shape index (κ1) is 21.4. The van der Waals surface area contributed by atoms with Gasteiger partial charge in [-0.2, -0.15) is 0 Å². The Balaban J connectivity index is 2.20. The maximum Gasteiger partial charge on any atom is 0.274 e. The van der Waals surface area contributed by atoms with E-state index in [1.165, 1.54) is 6.07 Å². The SMILES string of the molecule is CCNC(=O)c1noc(-c2cc(C(C)C)c(O)cc2O)c1-c1cc(CN(C)C)no1. The summed E-state index contributed by atoms with van der Waals surface area (Å²) in [6, 6.07) is 4.58. The Morgan fingerprint density at radius 1 is 1.13 bits per heavy atom. The van der Waals surface area contributed by atoms with Crippen LogP contribution in [0.5, 0.6) is 11.5 Å². The first-order valence-electron chi connectivity index (χ1n) is 9.67. The molecule has 0 spiro atoms. The molecule has 1 amide bonds. The molecule has 3 rings (SSSR count). The summed E-state index contributed by atoms with van der Waals surface area (Å²) in [5.74, 6) is -0.217. The van der Waals surface area contributed by atoms with E-state index >= 15 is 0 Å². The number of benzene rings is 1. The van der Waals surface area contributed by atoms with Crippen molar-refractivity contribution in [2.45, 2.75) is 33.2 Å². The number of aromatic nitrogens is 2. The molecule has 0 atom stereocenters. The van der Waals surface area contributed by atoms with Gasteiger partial charge < -0.3 is 29.5 Å². The van der Waals surface area contributed by atoms with Crippen LogP contribution in [-0.2, 0) is 6.54 Å². The standard InChI is InChI=1S/C21H26N4O5/c1-6-22-21(28)19-18(17-7-12(23-29-17)10-25(4)5)20(30-24-19)14-8-13(11(2)3)15(26)9-16(14)27/h7-9,11,26-27H,6,10H2,1-5H3,(H,22,28). The van der Waals surface area contributed by atoms with Crippen LogP contribution < -0.4 is 5.32 Å². The van der Waals surface area contributed by atoms with E-state index in [9.17, 15) is 15.0 Å². The fourth-order valence-electron chi connectivity index (χ4n) is 3.17. The van der Waals surface area contributed by atoms with Crippen molar-refractivity contribution in [2.24, 2.45) is 0 Å². The van der Waals surface area contributed by atoms with Crippen LogP contribution in [0.2, 0.25) is 0 Å². The van der Waals surface area contributed by atoms with E-state index in [0.29, 0.717) is 35.7 Å². The zero-order valence-electron chi connectivity index (χ0n) is 17.7. The highest BCUT2D eigenvalue weighted by Crippen LogP contribution is 2.43. The smallest absolute Gasteiger partial charge is 0.274 e. The lowest BCUT2D eigenvalue weighted by atomic mass is 9.95. The van der Waals surface area contributed by atoms with Gasteiger partial charge in [-0.15, -0.1) is 0 Å². The second kappa shape index (κ2) is 8.58. The molecule has 30 heavy (non-hydrogen) atoms. The van der Waals surface area contributed by atoms with Gasteiger partial charge in [-0.05, 0) is 38.6 Å². The molecule has 0 saturated carbocycles. The van der Waals surface area contributed by atoms with Crippen molar-refractivity contribution in [3.05, 3.63) is 35.2 Å². The van der Waals surface area contributed by atoms with Crippen LogP contribution >= 0.6 is 0 Å². The molecule has 2 heterocycles. The largest absolute Gasteiger partial charge is 0.508 e. The summed E-state index contributed by atoms with van der Waals surface area (Å²) in [7, 11) is 3.81. The summed E-state index contributed by atoms with van der Waals surface area (Å²) in [6.07, 6.45) is 0. The van der Waals surface area contributed by atoms with Gasteiger partial charge in [0.1, 0.15) is 17.1 Å². The lowest BCUT2D eigenvalue weighted by Crippen LogP contribution is -2.23. The molecule has 0 radical (unpaired) electrons. The molecular weight excluding hydrogens is 388 g/mol. The lowest BCUT2D eigenvalue weighted by molar-refractivity contribution is 0.0947. The highest BCUT2D eigenvalue weighted by atomic mass is 16.5. The maximum absolute atomic E-state index is 12.6. The summed E-state index contributed by atoms with van der Waals surface area (Å²) >= 11 is 0. The summed E-state index contributed by atoms with van der Waals surface area (Å²) in [5.41, 5.74) is 1.89. The molecule has 0 saturated heterocycles. The van der Waals surface area contributed by atoms with Gasteiger partial charge in [-0.1, -0.05) is 24.2 Å². The van der Waals surface area contributed by atoms with Crippen molar-refractivity contribution in [1.29, 1.82) is 0 Å². The summed E-state index contributed by atoms with van der Waals surface area (Å²) in [4.78, 5) is 14.5. The quantitative estimate of drug-likeness (QED) is 0.538. The van der Waals surface area contributed by atoms with Gasteiger partial charge in [0, 0.05) is 25.2 Å². The Morgan fingerprint density at radius 3 is 2.50 bits per heavy atom. The average Bonchev–Trinajstić information content (AvgIpc) is 3.27. The van der Waals surface area contributed by atoms with Crippen molar-refractivity contribution in [3.8, 4) is 34.1 Å². The Morgan fingerprint density at radius 2 is 1.87 bits per heavy atom. The van der Waals surface area contributed by atoms with Crippen LogP contribution in [0, 0.1) is 0 Å². The molecule has 3 N–H and O–H groups in total. The summed E-state index contributed by atoms with van der Waals surface area (Å²) in [6.45, 7) is 6.58. The molecule has 0 aliphatic rings. The van der Waals surface area contributed by atoms with Crippen molar-refractivity contribution in [3.63, 3.8) is 0 Å². The van der Waals surface area contributed by atoms with Gasteiger partial charge in [0.2, 0.25) is 0 Å². The molecule has 0 unspecified atom stereocenters. The van der Waals surface area contributed by atoms with E-state index in [2.05, 4.69) is 15.6 Å². The molecule has 9 heteroatoms. The Bertz CT molecular complexity index is 1050. The minimum atomic E-state index is -0.435. The van der Waals surface area contributed by atoms with Gasteiger partial charge in [-0.3, -0.25) is 4.79 Å². The number of nitrogens with zero attached hydrogens (tertiary/aromatic N) is 3. The number of hydrogen-bond acceptors (Lipinski definition) is 8. The number of amides is 1. The predicted molar refractivity (Wildman–Crippen MR) is 110 cm³/mol. The highest BCUT2D eigenvalue weighted by Gasteiger charge is 2.29. The van der Waals surface area contributed by atoms with Gasteiger partial charge >= 0.3 is 0 Å². The number of phenolic OH excluding ortho intramolecular Hbond substituents is 2. The average molecular weight is 414 g/mol. The number of carbonyl (C=O) groups is 1. The topological polar surface area (TPSA) is 125 Å². The van der Waals surface area contributed by atoms with Gasteiger partial charge in [0.15, 0.2) is 17.2 Å². The maximum atomic E-state index is 12.6. The summed E-state index contributed by atoms with van der Waals surface area (Å²) in [5, 5.41) is 31.4. The van der Waals surface area contributed by atoms with E-state index in [-0.39, 0.29) is 34.4 Å².